The number of nitrogens with one attached hydrogen (secondary N) is 2. The molecule has 0 aliphatic rings. The Kier molecular flexibility index (Phi) is 6.52. The summed E-state index contributed by atoms with van der Waals surface area (Å²) in [5.41, 5.74) is 6.29. The second kappa shape index (κ2) is 8.16. The van der Waals surface area contributed by atoms with Gasteiger partial charge in [0.15, 0.2) is 0 Å². The molecule has 0 aliphatic carbocycles. The Labute approximate surface area is 119 Å². The van der Waals surface area contributed by atoms with Crippen molar-refractivity contribution in [1.29, 1.82) is 0 Å². The number of carbonyl (C=O) groups excluding carboxylic acids is 2. The fourth-order valence-corrected chi connectivity index (χ4v) is 1.78. The highest BCUT2D eigenvalue weighted by molar-refractivity contribution is 6.03. The Morgan fingerprint density at radius 3 is 2.45 bits per heavy atom. The summed E-state index contributed by atoms with van der Waals surface area (Å²) < 4.78 is 0. The summed E-state index contributed by atoms with van der Waals surface area (Å²) in [4.78, 5) is 25.7. The zero-order chi connectivity index (χ0) is 15.0. The molecule has 20 heavy (non-hydrogen) atoms. The fourth-order valence-electron chi connectivity index (χ4n) is 1.78. The number of hydrogen-bond acceptors (Lipinski definition) is 3. The third-order valence-electron chi connectivity index (χ3n) is 2.89. The highest BCUT2D eigenvalue weighted by Gasteiger charge is 2.15. The molecule has 0 fully saturated rings. The molecule has 0 unspecified atom stereocenters. The minimum Gasteiger partial charge on any atom is -0.351 e. The van der Waals surface area contributed by atoms with E-state index in [1.165, 1.54) is 0 Å². The van der Waals surface area contributed by atoms with E-state index in [-0.39, 0.29) is 11.9 Å². The Bertz CT molecular complexity index is 458. The first-order valence-electron chi connectivity index (χ1n) is 6.77. The van der Waals surface area contributed by atoms with E-state index in [0.29, 0.717) is 37.4 Å². The van der Waals surface area contributed by atoms with Gasteiger partial charge >= 0.3 is 6.03 Å². The second-order valence-corrected chi connectivity index (χ2v) is 4.19. The van der Waals surface area contributed by atoms with Gasteiger partial charge in [-0.1, -0.05) is 12.1 Å². The van der Waals surface area contributed by atoms with Crippen molar-refractivity contribution in [3.63, 3.8) is 0 Å². The topological polar surface area (TPSA) is 87.5 Å². The largest absolute Gasteiger partial charge is 0.351 e. The lowest BCUT2D eigenvalue weighted by molar-refractivity contribution is 0.0955. The average molecular weight is 278 g/mol. The van der Waals surface area contributed by atoms with Gasteiger partial charge in [-0.15, -0.1) is 0 Å². The third-order valence-corrected chi connectivity index (χ3v) is 2.89. The summed E-state index contributed by atoms with van der Waals surface area (Å²) in [6.07, 6.45) is 0. The van der Waals surface area contributed by atoms with Gasteiger partial charge in [0.2, 0.25) is 0 Å². The Morgan fingerprint density at radius 2 is 1.85 bits per heavy atom. The number of rotatable bonds is 6. The van der Waals surface area contributed by atoms with Crippen molar-refractivity contribution >= 4 is 17.6 Å². The van der Waals surface area contributed by atoms with Gasteiger partial charge in [-0.3, -0.25) is 4.79 Å². The molecule has 1 rings (SSSR count). The predicted octanol–water partition coefficient (Wildman–Crippen LogP) is 1.25. The molecule has 0 aromatic heterocycles. The van der Waals surface area contributed by atoms with Crippen LogP contribution in [0, 0.1) is 0 Å². The van der Waals surface area contributed by atoms with Gasteiger partial charge in [-0.05, 0) is 26.0 Å². The van der Waals surface area contributed by atoms with Gasteiger partial charge in [0, 0.05) is 26.2 Å². The summed E-state index contributed by atoms with van der Waals surface area (Å²) in [7, 11) is 0. The molecule has 1 aromatic rings. The van der Waals surface area contributed by atoms with Crippen molar-refractivity contribution < 1.29 is 9.59 Å². The normalized spacial score (nSPS) is 9.95. The van der Waals surface area contributed by atoms with Gasteiger partial charge in [-0.2, -0.15) is 0 Å². The molecule has 0 heterocycles. The minimum atomic E-state index is -0.245. The van der Waals surface area contributed by atoms with E-state index in [9.17, 15) is 9.59 Å². The molecule has 0 bridgehead atoms. The van der Waals surface area contributed by atoms with Crippen LogP contribution in [-0.4, -0.2) is 43.0 Å². The van der Waals surface area contributed by atoms with Gasteiger partial charge in [0.1, 0.15) is 0 Å². The van der Waals surface area contributed by atoms with Gasteiger partial charge in [-0.25, -0.2) is 4.79 Å². The van der Waals surface area contributed by atoms with Gasteiger partial charge in [0.05, 0.1) is 11.3 Å². The fraction of sp³-hybridized carbons (Fsp3) is 0.429. The average Bonchev–Trinajstić information content (AvgIpc) is 2.46. The molecule has 1 aromatic carbocycles. The number of urea groups is 1. The van der Waals surface area contributed by atoms with E-state index in [0.717, 1.165) is 0 Å². The van der Waals surface area contributed by atoms with Crippen LogP contribution in [0.25, 0.3) is 0 Å². The molecule has 110 valence electrons. The molecule has 0 radical (unpaired) electrons. The van der Waals surface area contributed by atoms with Crippen molar-refractivity contribution in [2.24, 2.45) is 5.73 Å². The number of nitrogens with two attached hydrogens (primary N) is 1. The van der Waals surface area contributed by atoms with E-state index in [1.807, 2.05) is 13.8 Å². The van der Waals surface area contributed by atoms with Crippen molar-refractivity contribution in [3.05, 3.63) is 29.8 Å². The van der Waals surface area contributed by atoms with E-state index in [1.54, 1.807) is 29.2 Å². The van der Waals surface area contributed by atoms with Crippen molar-refractivity contribution in [3.8, 4) is 0 Å². The maximum atomic E-state index is 12.0. The van der Waals surface area contributed by atoms with Crippen LogP contribution in [0.5, 0.6) is 0 Å². The van der Waals surface area contributed by atoms with Crippen LogP contribution >= 0.6 is 0 Å². The van der Waals surface area contributed by atoms with Crippen molar-refractivity contribution in [2.45, 2.75) is 13.8 Å². The van der Waals surface area contributed by atoms with Crippen LogP contribution in [0.2, 0.25) is 0 Å². The smallest absolute Gasteiger partial charge is 0.321 e. The van der Waals surface area contributed by atoms with Crippen LogP contribution in [0.3, 0.4) is 0 Å². The Hall–Kier alpha value is -2.08. The first-order valence-corrected chi connectivity index (χ1v) is 6.77. The molecule has 0 atom stereocenters. The molecule has 0 saturated heterocycles. The summed E-state index contributed by atoms with van der Waals surface area (Å²) in [5.74, 6) is -0.245. The number of hydrogen-bond donors (Lipinski definition) is 3. The van der Waals surface area contributed by atoms with Crippen LogP contribution in [0.4, 0.5) is 10.5 Å². The first kappa shape index (κ1) is 16.0. The highest BCUT2D eigenvalue weighted by atomic mass is 16.2. The van der Waals surface area contributed by atoms with E-state index in [2.05, 4.69) is 10.6 Å². The first-order chi connectivity index (χ1) is 9.63. The monoisotopic (exact) mass is 278 g/mol. The molecule has 0 aliphatic heterocycles. The van der Waals surface area contributed by atoms with Gasteiger partial charge < -0.3 is 21.3 Å². The Morgan fingerprint density at radius 1 is 1.20 bits per heavy atom. The number of benzene rings is 1. The third kappa shape index (κ3) is 4.24. The lowest BCUT2D eigenvalue weighted by Gasteiger charge is -2.20. The number of para-hydroxylation sites is 1. The van der Waals surface area contributed by atoms with E-state index < -0.39 is 0 Å². The molecule has 0 spiro atoms. The second-order valence-electron chi connectivity index (χ2n) is 4.19. The van der Waals surface area contributed by atoms with Crippen LogP contribution < -0.4 is 16.4 Å². The summed E-state index contributed by atoms with van der Waals surface area (Å²) in [6.45, 7) is 5.82. The quantitative estimate of drug-likeness (QED) is 0.732. The number of amides is 3. The summed E-state index contributed by atoms with van der Waals surface area (Å²) in [6, 6.07) is 6.69. The highest BCUT2D eigenvalue weighted by Crippen LogP contribution is 2.15. The molecular formula is C14H22N4O2. The molecule has 6 nitrogen and oxygen atoms in total. The zero-order valence-electron chi connectivity index (χ0n) is 12.0. The van der Waals surface area contributed by atoms with Gasteiger partial charge in [0.25, 0.3) is 5.91 Å². The van der Waals surface area contributed by atoms with Crippen LogP contribution in [0.15, 0.2) is 24.3 Å². The number of nitrogens with zero attached hydrogens (tertiary/aromatic N) is 1. The molecule has 6 heteroatoms. The molecule has 4 N–H and O–H groups in total. The maximum Gasteiger partial charge on any atom is 0.321 e. The van der Waals surface area contributed by atoms with E-state index >= 15 is 0 Å². The molecule has 3 amide bonds. The number of carbonyl (C=O) groups is 2. The predicted molar refractivity (Wildman–Crippen MR) is 79.8 cm³/mol. The molecular weight excluding hydrogens is 256 g/mol. The minimum absolute atomic E-state index is 0.214. The summed E-state index contributed by atoms with van der Waals surface area (Å²) >= 11 is 0. The standard InChI is InChI=1S/C14H22N4O2/c1-3-18(4-2)14(20)17-12-8-6-5-7-11(12)13(19)16-10-9-15/h5-8H,3-4,9-10,15H2,1-2H3,(H,16,19)(H,17,20). The van der Waals surface area contributed by atoms with Crippen LogP contribution in [-0.2, 0) is 0 Å². The maximum absolute atomic E-state index is 12.0. The molecule has 0 saturated carbocycles. The lowest BCUT2D eigenvalue weighted by Crippen LogP contribution is -2.35. The Balaban J connectivity index is 2.85. The van der Waals surface area contributed by atoms with Crippen molar-refractivity contribution in [2.75, 3.05) is 31.5 Å². The zero-order valence-corrected chi connectivity index (χ0v) is 12.0. The van der Waals surface area contributed by atoms with Crippen LogP contribution in [0.1, 0.15) is 24.2 Å². The number of anilines is 1. The SMILES string of the molecule is CCN(CC)C(=O)Nc1ccccc1C(=O)NCCN. The summed E-state index contributed by atoms with van der Waals surface area (Å²) in [5, 5.41) is 5.46. The lowest BCUT2D eigenvalue weighted by atomic mass is 10.1. The van der Waals surface area contributed by atoms with E-state index in [4.69, 9.17) is 5.73 Å². The van der Waals surface area contributed by atoms with Crippen molar-refractivity contribution in [1.82, 2.24) is 10.2 Å².